The van der Waals surface area contributed by atoms with Gasteiger partial charge in [-0.25, -0.2) is 0 Å². The molecule has 0 radical (unpaired) electrons. The van der Waals surface area contributed by atoms with Crippen molar-refractivity contribution in [1.29, 1.82) is 0 Å². The van der Waals surface area contributed by atoms with Gasteiger partial charge < -0.3 is 0 Å². The summed E-state index contributed by atoms with van der Waals surface area (Å²) in [6, 6.07) is 0. The minimum Gasteiger partial charge on any atom is -0.266 e. The fourth-order valence-electron chi connectivity index (χ4n) is 0.280. The van der Waals surface area contributed by atoms with Crippen LogP contribution in [0.25, 0.3) is 0 Å². The van der Waals surface area contributed by atoms with Crippen LogP contribution in [0.2, 0.25) is 0 Å². The molecule has 0 aliphatic rings. The van der Waals surface area contributed by atoms with Crippen molar-refractivity contribution in [3.63, 3.8) is 0 Å². The van der Waals surface area contributed by atoms with Gasteiger partial charge in [0.1, 0.15) is 0 Å². The molecule has 66 valence electrons. The molecule has 0 aliphatic heterocycles. The number of oxime groups is 1. The molecular weight excluding hydrogens is 166 g/mol. The Morgan fingerprint density at radius 2 is 2.00 bits per heavy atom. The van der Waals surface area contributed by atoms with Gasteiger partial charge in [-0.05, 0) is 27.7 Å². The van der Waals surface area contributed by atoms with Crippen molar-refractivity contribution >= 4 is 17.1 Å². The fraction of sp³-hybridized carbons (Fsp3) is 0.833. The van der Waals surface area contributed by atoms with E-state index in [-0.39, 0.29) is 6.10 Å². The lowest BCUT2D eigenvalue weighted by molar-refractivity contribution is 0.212. The summed E-state index contributed by atoms with van der Waals surface area (Å²) in [4.78, 5) is 0. The van der Waals surface area contributed by atoms with E-state index in [1.807, 2.05) is 0 Å². The van der Waals surface area contributed by atoms with Crippen LogP contribution in [0.15, 0.2) is 5.16 Å². The molecule has 5 heteroatoms. The lowest BCUT2D eigenvalue weighted by Gasteiger charge is -2.02. The van der Waals surface area contributed by atoms with E-state index in [0.717, 1.165) is 0 Å². The van der Waals surface area contributed by atoms with E-state index < -0.39 is 11.4 Å². The summed E-state index contributed by atoms with van der Waals surface area (Å²) < 4.78 is 19.9. The first kappa shape index (κ1) is 10.6. The standard InChI is InChI=1S/C6H13NO3S/c1-5(2)7-10-11(8)9-6(3)4/h6H,1-4H3. The molecule has 0 N–H and O–H groups in total. The third-order valence-electron chi connectivity index (χ3n) is 0.552. The van der Waals surface area contributed by atoms with Gasteiger partial charge in [0.15, 0.2) is 0 Å². The number of rotatable bonds is 4. The zero-order chi connectivity index (χ0) is 8.85. The molecule has 1 unspecified atom stereocenters. The van der Waals surface area contributed by atoms with Gasteiger partial charge >= 0.3 is 11.4 Å². The predicted octanol–water partition coefficient (Wildman–Crippen LogP) is 1.40. The maximum atomic E-state index is 10.7. The number of hydrogen-bond acceptors (Lipinski definition) is 4. The quantitative estimate of drug-likeness (QED) is 0.484. The van der Waals surface area contributed by atoms with Crippen LogP contribution in [0.4, 0.5) is 0 Å². The van der Waals surface area contributed by atoms with Crippen molar-refractivity contribution in [3.8, 4) is 0 Å². The van der Waals surface area contributed by atoms with Gasteiger partial charge in [-0.2, -0.15) is 4.21 Å². The Morgan fingerprint density at radius 1 is 1.45 bits per heavy atom. The highest BCUT2D eigenvalue weighted by Crippen LogP contribution is 1.96. The summed E-state index contributed by atoms with van der Waals surface area (Å²) in [6.45, 7) is 7.02. The van der Waals surface area contributed by atoms with Gasteiger partial charge in [-0.15, -0.1) is 0 Å². The minimum atomic E-state index is -1.76. The maximum Gasteiger partial charge on any atom is 0.381 e. The molecule has 11 heavy (non-hydrogen) atoms. The molecule has 0 spiro atoms. The molecule has 0 fully saturated rings. The van der Waals surface area contributed by atoms with Crippen molar-refractivity contribution in [2.24, 2.45) is 5.16 Å². The lowest BCUT2D eigenvalue weighted by Crippen LogP contribution is -2.06. The van der Waals surface area contributed by atoms with Crippen LogP contribution in [0, 0.1) is 0 Å². The lowest BCUT2D eigenvalue weighted by atomic mass is 10.5. The van der Waals surface area contributed by atoms with Gasteiger partial charge in [-0.1, -0.05) is 5.16 Å². The van der Waals surface area contributed by atoms with Gasteiger partial charge in [0.05, 0.1) is 11.8 Å². The van der Waals surface area contributed by atoms with E-state index in [9.17, 15) is 4.21 Å². The highest BCUT2D eigenvalue weighted by molar-refractivity contribution is 7.75. The molecule has 0 saturated heterocycles. The second-order valence-electron chi connectivity index (χ2n) is 2.46. The van der Waals surface area contributed by atoms with E-state index in [4.69, 9.17) is 4.18 Å². The van der Waals surface area contributed by atoms with Gasteiger partial charge in [0.25, 0.3) is 0 Å². The Morgan fingerprint density at radius 3 is 2.36 bits per heavy atom. The summed E-state index contributed by atoms with van der Waals surface area (Å²) in [5, 5.41) is 3.47. The van der Waals surface area contributed by atoms with E-state index in [1.165, 1.54) is 0 Å². The average Bonchev–Trinajstić information content (AvgIpc) is 1.82. The highest BCUT2D eigenvalue weighted by atomic mass is 32.2. The minimum absolute atomic E-state index is 0.122. The second kappa shape index (κ2) is 5.26. The molecule has 0 heterocycles. The zero-order valence-corrected chi connectivity index (χ0v) is 7.97. The van der Waals surface area contributed by atoms with E-state index in [2.05, 4.69) is 9.44 Å². The second-order valence-corrected chi connectivity index (χ2v) is 3.21. The van der Waals surface area contributed by atoms with Gasteiger partial charge in [0, 0.05) is 0 Å². The van der Waals surface area contributed by atoms with Crippen LogP contribution in [0.1, 0.15) is 27.7 Å². The third kappa shape index (κ3) is 7.48. The van der Waals surface area contributed by atoms with Crippen LogP contribution in [-0.2, 0) is 19.8 Å². The van der Waals surface area contributed by atoms with E-state index in [1.54, 1.807) is 27.7 Å². The Hall–Kier alpha value is -0.420. The first-order chi connectivity index (χ1) is 5.02. The van der Waals surface area contributed by atoms with Crippen molar-refractivity contribution in [2.45, 2.75) is 33.8 Å². The molecule has 0 aliphatic carbocycles. The van der Waals surface area contributed by atoms with Crippen LogP contribution >= 0.6 is 0 Å². The third-order valence-corrected chi connectivity index (χ3v) is 1.29. The molecule has 0 amide bonds. The predicted molar refractivity (Wildman–Crippen MR) is 44.2 cm³/mol. The van der Waals surface area contributed by atoms with Crippen LogP contribution < -0.4 is 0 Å². The maximum absolute atomic E-state index is 10.7. The van der Waals surface area contributed by atoms with Gasteiger partial charge in [0.2, 0.25) is 0 Å². The van der Waals surface area contributed by atoms with Crippen LogP contribution in [-0.4, -0.2) is 16.0 Å². The molecule has 4 nitrogen and oxygen atoms in total. The first-order valence-electron chi connectivity index (χ1n) is 3.30. The number of hydrogen-bond donors (Lipinski definition) is 0. The number of nitrogens with zero attached hydrogens (tertiary/aromatic N) is 1. The average molecular weight is 179 g/mol. The molecule has 0 saturated carbocycles. The van der Waals surface area contributed by atoms with Crippen LogP contribution in [0.3, 0.4) is 0 Å². The van der Waals surface area contributed by atoms with E-state index >= 15 is 0 Å². The zero-order valence-electron chi connectivity index (χ0n) is 7.16. The topological polar surface area (TPSA) is 47.9 Å². The summed E-state index contributed by atoms with van der Waals surface area (Å²) in [5.41, 5.74) is 0.700. The molecule has 1 atom stereocenters. The molecule has 0 bridgehead atoms. The molecular formula is C6H13NO3S. The Bertz CT molecular complexity index is 163. The van der Waals surface area contributed by atoms with Crippen molar-refractivity contribution in [2.75, 3.05) is 0 Å². The van der Waals surface area contributed by atoms with E-state index in [0.29, 0.717) is 5.71 Å². The Kier molecular flexibility index (Phi) is 5.06. The van der Waals surface area contributed by atoms with Crippen molar-refractivity contribution in [1.82, 2.24) is 0 Å². The largest absolute Gasteiger partial charge is 0.381 e. The normalized spacial score (nSPS) is 12.8. The Labute approximate surface area is 69.4 Å². The van der Waals surface area contributed by atoms with Crippen molar-refractivity contribution < 1.29 is 12.7 Å². The monoisotopic (exact) mass is 179 g/mol. The summed E-state index contributed by atoms with van der Waals surface area (Å²) in [5.74, 6) is 0. The fourth-order valence-corrected chi connectivity index (χ4v) is 0.839. The Balaban J connectivity index is 3.62. The molecule has 0 aromatic carbocycles. The summed E-state index contributed by atoms with van der Waals surface area (Å²) in [7, 11) is 0. The summed E-state index contributed by atoms with van der Waals surface area (Å²) in [6.07, 6.45) is -0.122. The SMILES string of the molecule is CC(C)=NOS(=O)OC(C)C. The van der Waals surface area contributed by atoms with Crippen LogP contribution in [0.5, 0.6) is 0 Å². The first-order valence-corrected chi connectivity index (χ1v) is 4.30. The molecule has 0 aromatic heterocycles. The molecule has 0 aromatic rings. The highest BCUT2D eigenvalue weighted by Gasteiger charge is 2.02. The summed E-state index contributed by atoms with van der Waals surface area (Å²) >= 11 is -1.76. The smallest absolute Gasteiger partial charge is 0.266 e. The van der Waals surface area contributed by atoms with Gasteiger partial charge in [-0.3, -0.25) is 8.47 Å². The van der Waals surface area contributed by atoms with Crippen molar-refractivity contribution in [3.05, 3.63) is 0 Å². The molecule has 0 rings (SSSR count).